The zero-order valence-corrected chi connectivity index (χ0v) is 14.6. The molecule has 0 radical (unpaired) electrons. The van der Waals surface area contributed by atoms with Crippen LogP contribution in [0.3, 0.4) is 0 Å². The monoisotopic (exact) mass is 341 g/mol. The zero-order valence-electron chi connectivity index (χ0n) is 13.9. The zero-order chi connectivity index (χ0) is 17.3. The van der Waals surface area contributed by atoms with Gasteiger partial charge in [-0.25, -0.2) is 0 Å². The fraction of sp³-hybridized carbons (Fsp3) is 0.529. The SMILES string of the molecule is COC(=O)CCCCCNC(=O)C(C)(C)Oc1ccc(Cl)cc1. The number of esters is 1. The lowest BCUT2D eigenvalue weighted by Gasteiger charge is -2.25. The Bertz CT molecular complexity index is 514. The highest BCUT2D eigenvalue weighted by Gasteiger charge is 2.29. The van der Waals surface area contributed by atoms with Crippen molar-refractivity contribution in [2.75, 3.05) is 13.7 Å². The number of halogens is 1. The van der Waals surface area contributed by atoms with Gasteiger partial charge >= 0.3 is 5.97 Å². The van der Waals surface area contributed by atoms with E-state index in [0.29, 0.717) is 23.7 Å². The summed E-state index contributed by atoms with van der Waals surface area (Å²) in [7, 11) is 1.38. The number of carbonyl (C=O) groups is 2. The quantitative estimate of drug-likeness (QED) is 0.552. The molecule has 0 atom stereocenters. The van der Waals surface area contributed by atoms with Gasteiger partial charge in [0.05, 0.1) is 7.11 Å². The van der Waals surface area contributed by atoms with Gasteiger partial charge in [-0.15, -0.1) is 0 Å². The summed E-state index contributed by atoms with van der Waals surface area (Å²) in [5.41, 5.74) is -0.972. The number of nitrogens with one attached hydrogen (secondary N) is 1. The summed E-state index contributed by atoms with van der Waals surface area (Å²) in [6, 6.07) is 6.88. The summed E-state index contributed by atoms with van der Waals surface area (Å²) < 4.78 is 10.3. The van der Waals surface area contributed by atoms with E-state index in [0.717, 1.165) is 19.3 Å². The van der Waals surface area contributed by atoms with Crippen LogP contribution in [0.2, 0.25) is 5.02 Å². The second kappa shape index (κ2) is 9.40. The number of hydrogen-bond acceptors (Lipinski definition) is 4. The van der Waals surface area contributed by atoms with Gasteiger partial charge in [-0.3, -0.25) is 9.59 Å². The Kier molecular flexibility index (Phi) is 7.89. The van der Waals surface area contributed by atoms with Crippen molar-refractivity contribution < 1.29 is 19.1 Å². The largest absolute Gasteiger partial charge is 0.478 e. The minimum absolute atomic E-state index is 0.180. The number of ether oxygens (including phenoxy) is 2. The molecule has 1 N–H and O–H groups in total. The first-order chi connectivity index (χ1) is 10.8. The van der Waals surface area contributed by atoms with E-state index in [1.165, 1.54) is 7.11 Å². The number of hydrogen-bond donors (Lipinski definition) is 1. The first kappa shape index (κ1) is 19.3. The van der Waals surface area contributed by atoms with Crippen molar-refractivity contribution in [3.8, 4) is 5.75 Å². The van der Waals surface area contributed by atoms with Crippen LogP contribution in [-0.4, -0.2) is 31.1 Å². The third kappa shape index (κ3) is 7.37. The summed E-state index contributed by atoms with van der Waals surface area (Å²) in [4.78, 5) is 23.1. The van der Waals surface area contributed by atoms with Crippen molar-refractivity contribution in [2.24, 2.45) is 0 Å². The van der Waals surface area contributed by atoms with E-state index in [1.54, 1.807) is 38.1 Å². The average Bonchev–Trinajstić information content (AvgIpc) is 2.52. The number of benzene rings is 1. The Morgan fingerprint density at radius 3 is 2.39 bits per heavy atom. The fourth-order valence-electron chi connectivity index (χ4n) is 1.93. The molecule has 5 nitrogen and oxygen atoms in total. The second-order valence-corrected chi connectivity index (χ2v) is 6.15. The third-order valence-corrected chi connectivity index (χ3v) is 3.56. The molecule has 0 aliphatic heterocycles. The fourth-order valence-corrected chi connectivity index (χ4v) is 2.06. The van der Waals surface area contributed by atoms with E-state index in [4.69, 9.17) is 16.3 Å². The molecule has 1 aromatic carbocycles. The number of methoxy groups -OCH3 is 1. The maximum Gasteiger partial charge on any atom is 0.305 e. The molecule has 1 rings (SSSR count). The molecule has 128 valence electrons. The molecule has 0 aliphatic carbocycles. The Balaban J connectivity index is 2.29. The van der Waals surface area contributed by atoms with Crippen LogP contribution in [0.1, 0.15) is 39.5 Å². The maximum absolute atomic E-state index is 12.2. The van der Waals surface area contributed by atoms with Crippen LogP contribution in [0, 0.1) is 0 Å². The summed E-state index contributed by atoms with van der Waals surface area (Å²) in [5, 5.41) is 3.47. The average molecular weight is 342 g/mol. The Morgan fingerprint density at radius 2 is 1.78 bits per heavy atom. The van der Waals surface area contributed by atoms with Gasteiger partial charge < -0.3 is 14.8 Å². The second-order valence-electron chi connectivity index (χ2n) is 5.71. The van der Waals surface area contributed by atoms with E-state index >= 15 is 0 Å². The van der Waals surface area contributed by atoms with Crippen LogP contribution in [-0.2, 0) is 14.3 Å². The minimum Gasteiger partial charge on any atom is -0.478 e. The molecule has 0 spiro atoms. The molecule has 23 heavy (non-hydrogen) atoms. The first-order valence-electron chi connectivity index (χ1n) is 7.65. The number of carbonyl (C=O) groups excluding carboxylic acids is 2. The van der Waals surface area contributed by atoms with Crippen molar-refractivity contribution in [3.63, 3.8) is 0 Å². The van der Waals surface area contributed by atoms with E-state index in [2.05, 4.69) is 10.1 Å². The molecule has 0 heterocycles. The predicted molar refractivity (Wildman–Crippen MR) is 89.7 cm³/mol. The van der Waals surface area contributed by atoms with Crippen molar-refractivity contribution in [2.45, 2.75) is 45.1 Å². The summed E-state index contributed by atoms with van der Waals surface area (Å²) in [6.07, 6.45) is 2.83. The van der Waals surface area contributed by atoms with Crippen LogP contribution in [0.5, 0.6) is 5.75 Å². The molecule has 0 aliphatic rings. The standard InChI is InChI=1S/C17H24ClNO4/c1-17(2,23-14-10-8-13(18)9-11-14)16(21)19-12-6-4-5-7-15(20)22-3/h8-11H,4-7,12H2,1-3H3,(H,19,21). The number of rotatable bonds is 9. The van der Waals surface area contributed by atoms with Crippen molar-refractivity contribution >= 4 is 23.5 Å². The highest BCUT2D eigenvalue weighted by atomic mass is 35.5. The van der Waals surface area contributed by atoms with Gasteiger partial charge in [-0.1, -0.05) is 18.0 Å². The van der Waals surface area contributed by atoms with Crippen molar-refractivity contribution in [1.29, 1.82) is 0 Å². The molecular formula is C17H24ClNO4. The lowest BCUT2D eigenvalue weighted by Crippen LogP contribution is -2.46. The Morgan fingerprint density at radius 1 is 1.13 bits per heavy atom. The molecule has 0 bridgehead atoms. The molecule has 1 amide bonds. The van der Waals surface area contributed by atoms with Gasteiger partial charge in [-0.05, 0) is 51.0 Å². The summed E-state index contributed by atoms with van der Waals surface area (Å²) in [5.74, 6) is 0.208. The van der Waals surface area contributed by atoms with Gasteiger partial charge in [-0.2, -0.15) is 0 Å². The molecule has 0 fully saturated rings. The molecule has 0 saturated carbocycles. The molecular weight excluding hydrogens is 318 g/mol. The van der Waals surface area contributed by atoms with E-state index in [1.807, 2.05) is 0 Å². The molecule has 6 heteroatoms. The Hall–Kier alpha value is -1.75. The lowest BCUT2D eigenvalue weighted by molar-refractivity contribution is -0.140. The van der Waals surface area contributed by atoms with Crippen LogP contribution in [0.15, 0.2) is 24.3 Å². The summed E-state index contributed by atoms with van der Waals surface area (Å²) >= 11 is 5.82. The van der Waals surface area contributed by atoms with Crippen molar-refractivity contribution in [1.82, 2.24) is 5.32 Å². The third-order valence-electron chi connectivity index (χ3n) is 3.30. The van der Waals surface area contributed by atoms with Gasteiger partial charge in [0.2, 0.25) is 0 Å². The topological polar surface area (TPSA) is 64.6 Å². The molecule has 1 aromatic rings. The van der Waals surface area contributed by atoms with Gasteiger partial charge in [0, 0.05) is 18.0 Å². The van der Waals surface area contributed by atoms with E-state index in [9.17, 15) is 9.59 Å². The lowest BCUT2D eigenvalue weighted by atomic mass is 10.1. The van der Waals surface area contributed by atoms with E-state index in [-0.39, 0.29) is 11.9 Å². The molecule has 0 aromatic heterocycles. The van der Waals surface area contributed by atoms with Gasteiger partial charge in [0.1, 0.15) is 5.75 Å². The smallest absolute Gasteiger partial charge is 0.305 e. The van der Waals surface area contributed by atoms with Crippen LogP contribution in [0.25, 0.3) is 0 Å². The first-order valence-corrected chi connectivity index (χ1v) is 8.02. The van der Waals surface area contributed by atoms with Gasteiger partial charge in [0.15, 0.2) is 5.60 Å². The van der Waals surface area contributed by atoms with Crippen molar-refractivity contribution in [3.05, 3.63) is 29.3 Å². The van der Waals surface area contributed by atoms with Gasteiger partial charge in [0.25, 0.3) is 5.91 Å². The highest BCUT2D eigenvalue weighted by Crippen LogP contribution is 2.21. The van der Waals surface area contributed by atoms with Crippen LogP contribution >= 0.6 is 11.6 Å². The molecule has 0 unspecified atom stereocenters. The molecule has 0 saturated heterocycles. The maximum atomic E-state index is 12.2. The Labute approximate surface area is 142 Å². The summed E-state index contributed by atoms with van der Waals surface area (Å²) in [6.45, 7) is 3.98. The van der Waals surface area contributed by atoms with E-state index < -0.39 is 5.60 Å². The normalized spacial score (nSPS) is 11.0. The predicted octanol–water partition coefficient (Wildman–Crippen LogP) is 3.35. The van der Waals surface area contributed by atoms with Crippen LogP contribution in [0.4, 0.5) is 0 Å². The number of unbranched alkanes of at least 4 members (excludes halogenated alkanes) is 2. The highest BCUT2D eigenvalue weighted by molar-refractivity contribution is 6.30. The minimum atomic E-state index is -0.972. The van der Waals surface area contributed by atoms with Crippen LogP contribution < -0.4 is 10.1 Å². The number of amides is 1.